The van der Waals surface area contributed by atoms with E-state index in [4.69, 9.17) is 0 Å². The van der Waals surface area contributed by atoms with Gasteiger partial charge >= 0.3 is 0 Å². The Labute approximate surface area is 120 Å². The molecule has 1 aromatic rings. The number of hydrogen-bond acceptors (Lipinski definition) is 3. The fourth-order valence-electron chi connectivity index (χ4n) is 2.50. The maximum Gasteiger partial charge on any atom is 0.253 e. The number of nitrogens with one attached hydrogen (secondary N) is 2. The molecule has 0 aromatic heterocycles. The molecule has 0 radical (unpaired) electrons. The van der Waals surface area contributed by atoms with Crippen LogP contribution in [0, 0.1) is 5.41 Å². The fraction of sp³-hybridized carbons (Fsp3) is 0.562. The molecule has 0 spiro atoms. The van der Waals surface area contributed by atoms with Crippen molar-refractivity contribution in [2.45, 2.75) is 52.3 Å². The molecule has 2 atom stereocenters. The number of carbonyl (C=O) groups excluding carboxylic acids is 1. The van der Waals surface area contributed by atoms with E-state index >= 15 is 0 Å². The summed E-state index contributed by atoms with van der Waals surface area (Å²) in [4.78, 5) is 12.4. The highest BCUT2D eigenvalue weighted by Crippen LogP contribution is 2.40. The maximum absolute atomic E-state index is 12.4. The minimum absolute atomic E-state index is 0.0251. The van der Waals surface area contributed by atoms with Gasteiger partial charge in [-0.3, -0.25) is 4.79 Å². The van der Waals surface area contributed by atoms with Gasteiger partial charge < -0.3 is 15.7 Å². The summed E-state index contributed by atoms with van der Waals surface area (Å²) in [5.74, 6) is -0.0845. The van der Waals surface area contributed by atoms with Crippen LogP contribution >= 0.6 is 0 Å². The average Bonchev–Trinajstić information content (AvgIpc) is 2.38. The van der Waals surface area contributed by atoms with Crippen LogP contribution in [-0.4, -0.2) is 29.2 Å². The zero-order valence-electron chi connectivity index (χ0n) is 12.6. The number of aliphatic hydroxyl groups is 1. The lowest BCUT2D eigenvalue weighted by molar-refractivity contribution is -0.0689. The summed E-state index contributed by atoms with van der Waals surface area (Å²) in [6, 6.07) is 7.81. The zero-order valence-corrected chi connectivity index (χ0v) is 12.6. The molecule has 1 saturated carbocycles. The van der Waals surface area contributed by atoms with Gasteiger partial charge in [-0.25, -0.2) is 0 Å². The Balaban J connectivity index is 2.10. The summed E-state index contributed by atoms with van der Waals surface area (Å²) in [6.07, 6.45) is 0.287. The molecule has 4 heteroatoms. The first kappa shape index (κ1) is 14.9. The number of anilines is 1. The second-order valence-electron chi connectivity index (χ2n) is 6.44. The SMILES string of the molecule is CC(C)Nc1ccccc1C(=O)NC1CC(O)C1(C)C. The van der Waals surface area contributed by atoms with Gasteiger partial charge in [-0.05, 0) is 32.4 Å². The fourth-order valence-corrected chi connectivity index (χ4v) is 2.50. The predicted octanol–water partition coefficient (Wildman–Crippen LogP) is 2.40. The first-order valence-corrected chi connectivity index (χ1v) is 7.17. The Morgan fingerprint density at radius 1 is 1.35 bits per heavy atom. The van der Waals surface area contributed by atoms with E-state index in [0.29, 0.717) is 12.0 Å². The van der Waals surface area contributed by atoms with Crippen molar-refractivity contribution in [3.8, 4) is 0 Å². The Morgan fingerprint density at radius 2 is 2.00 bits per heavy atom. The number of hydrogen-bond donors (Lipinski definition) is 3. The van der Waals surface area contributed by atoms with Crippen molar-refractivity contribution in [2.75, 3.05) is 5.32 Å². The standard InChI is InChI=1S/C16H24N2O2/c1-10(2)17-12-8-6-5-7-11(12)15(20)18-13-9-14(19)16(13,3)4/h5-8,10,13-14,17,19H,9H2,1-4H3,(H,18,20). The highest BCUT2D eigenvalue weighted by molar-refractivity contribution is 5.99. The summed E-state index contributed by atoms with van der Waals surface area (Å²) in [7, 11) is 0. The van der Waals surface area contributed by atoms with Gasteiger partial charge in [0.1, 0.15) is 0 Å². The van der Waals surface area contributed by atoms with Crippen LogP contribution in [-0.2, 0) is 0 Å². The molecule has 2 rings (SSSR count). The minimum atomic E-state index is -0.336. The average molecular weight is 276 g/mol. The van der Waals surface area contributed by atoms with E-state index in [1.54, 1.807) is 0 Å². The molecule has 110 valence electrons. The molecule has 3 N–H and O–H groups in total. The van der Waals surface area contributed by atoms with Gasteiger partial charge in [0.05, 0.1) is 11.7 Å². The molecule has 2 unspecified atom stereocenters. The van der Waals surface area contributed by atoms with Crippen LogP contribution in [0.4, 0.5) is 5.69 Å². The van der Waals surface area contributed by atoms with Crippen molar-refractivity contribution in [1.29, 1.82) is 0 Å². The smallest absolute Gasteiger partial charge is 0.253 e. The first-order valence-electron chi connectivity index (χ1n) is 7.17. The summed E-state index contributed by atoms with van der Waals surface area (Å²) in [6.45, 7) is 8.04. The molecule has 1 amide bonds. The van der Waals surface area contributed by atoms with Crippen LogP contribution in [0.2, 0.25) is 0 Å². The third-order valence-corrected chi connectivity index (χ3v) is 4.14. The van der Waals surface area contributed by atoms with E-state index in [0.717, 1.165) is 5.69 Å². The Bertz CT molecular complexity index is 497. The summed E-state index contributed by atoms with van der Waals surface area (Å²) in [5, 5.41) is 16.1. The van der Waals surface area contributed by atoms with E-state index in [1.807, 2.05) is 52.0 Å². The quantitative estimate of drug-likeness (QED) is 0.791. The van der Waals surface area contributed by atoms with Gasteiger partial charge in [-0.1, -0.05) is 26.0 Å². The van der Waals surface area contributed by atoms with Crippen LogP contribution in [0.1, 0.15) is 44.5 Å². The van der Waals surface area contributed by atoms with Crippen LogP contribution in [0.5, 0.6) is 0 Å². The van der Waals surface area contributed by atoms with Crippen LogP contribution in [0.3, 0.4) is 0 Å². The van der Waals surface area contributed by atoms with E-state index < -0.39 is 0 Å². The van der Waals surface area contributed by atoms with E-state index in [2.05, 4.69) is 10.6 Å². The predicted molar refractivity (Wildman–Crippen MR) is 80.9 cm³/mol. The zero-order chi connectivity index (χ0) is 14.9. The Kier molecular flexibility index (Phi) is 4.04. The van der Waals surface area contributed by atoms with Gasteiger partial charge in [0.2, 0.25) is 0 Å². The number of benzene rings is 1. The Morgan fingerprint density at radius 3 is 2.55 bits per heavy atom. The van der Waals surface area contributed by atoms with E-state index in [1.165, 1.54) is 0 Å². The van der Waals surface area contributed by atoms with Crippen LogP contribution in [0.15, 0.2) is 24.3 Å². The lowest BCUT2D eigenvalue weighted by Crippen LogP contribution is -2.61. The molecule has 1 aliphatic carbocycles. The van der Waals surface area contributed by atoms with Crippen molar-refractivity contribution in [2.24, 2.45) is 5.41 Å². The number of para-hydroxylation sites is 1. The molecule has 20 heavy (non-hydrogen) atoms. The number of amides is 1. The Hall–Kier alpha value is -1.55. The summed E-state index contributed by atoms with van der Waals surface area (Å²) >= 11 is 0. The highest BCUT2D eigenvalue weighted by Gasteiger charge is 2.48. The number of carbonyl (C=O) groups is 1. The highest BCUT2D eigenvalue weighted by atomic mass is 16.3. The monoisotopic (exact) mass is 276 g/mol. The maximum atomic E-state index is 12.4. The molecular weight excluding hydrogens is 252 g/mol. The topological polar surface area (TPSA) is 61.4 Å². The third kappa shape index (κ3) is 2.80. The second-order valence-corrected chi connectivity index (χ2v) is 6.44. The van der Waals surface area contributed by atoms with Crippen LogP contribution in [0.25, 0.3) is 0 Å². The third-order valence-electron chi connectivity index (χ3n) is 4.14. The van der Waals surface area contributed by atoms with Crippen LogP contribution < -0.4 is 10.6 Å². The van der Waals surface area contributed by atoms with Crippen molar-refractivity contribution in [1.82, 2.24) is 5.32 Å². The molecule has 1 aromatic carbocycles. The molecular formula is C16H24N2O2. The number of aliphatic hydroxyl groups excluding tert-OH is 1. The number of rotatable bonds is 4. The first-order chi connectivity index (χ1) is 9.32. The minimum Gasteiger partial charge on any atom is -0.392 e. The van der Waals surface area contributed by atoms with Crippen molar-refractivity contribution < 1.29 is 9.90 Å². The van der Waals surface area contributed by atoms with E-state index in [-0.39, 0.29) is 29.5 Å². The van der Waals surface area contributed by atoms with Gasteiger partial charge in [0.15, 0.2) is 0 Å². The van der Waals surface area contributed by atoms with Gasteiger partial charge in [0.25, 0.3) is 5.91 Å². The molecule has 1 aliphatic rings. The van der Waals surface area contributed by atoms with Crippen molar-refractivity contribution in [3.05, 3.63) is 29.8 Å². The largest absolute Gasteiger partial charge is 0.392 e. The summed E-state index contributed by atoms with van der Waals surface area (Å²) < 4.78 is 0. The molecule has 1 fully saturated rings. The molecule has 0 heterocycles. The van der Waals surface area contributed by atoms with Gasteiger partial charge in [-0.15, -0.1) is 0 Å². The lowest BCUT2D eigenvalue weighted by atomic mass is 9.64. The van der Waals surface area contributed by atoms with Crippen molar-refractivity contribution >= 4 is 11.6 Å². The molecule has 0 aliphatic heterocycles. The lowest BCUT2D eigenvalue weighted by Gasteiger charge is -2.49. The molecule has 0 bridgehead atoms. The van der Waals surface area contributed by atoms with Gasteiger partial charge in [-0.2, -0.15) is 0 Å². The van der Waals surface area contributed by atoms with Crippen molar-refractivity contribution in [3.63, 3.8) is 0 Å². The van der Waals surface area contributed by atoms with Gasteiger partial charge in [0, 0.05) is 23.2 Å². The molecule has 0 saturated heterocycles. The second kappa shape index (κ2) is 5.44. The molecule has 4 nitrogen and oxygen atoms in total. The van der Waals surface area contributed by atoms with E-state index in [9.17, 15) is 9.90 Å². The summed E-state index contributed by atoms with van der Waals surface area (Å²) in [5.41, 5.74) is 1.24. The normalized spacial score (nSPS) is 24.1.